The maximum atomic E-state index is 6.64. The van der Waals surface area contributed by atoms with E-state index in [1.165, 1.54) is 29.0 Å². The Morgan fingerprint density at radius 2 is 1.14 bits per heavy atom. The Bertz CT molecular complexity index is 569. The number of aromatic nitrogens is 2. The number of aryl methyl sites for hydroxylation is 4. The number of halogens is 2. The molecule has 2 nitrogen and oxygen atoms in total. The molecule has 0 aliphatic rings. The van der Waals surface area contributed by atoms with Crippen LogP contribution in [0.3, 0.4) is 0 Å². The van der Waals surface area contributed by atoms with E-state index in [0.717, 1.165) is 21.4 Å². The second kappa shape index (κ2) is 7.30. The summed E-state index contributed by atoms with van der Waals surface area (Å²) in [6.45, 7) is 8.07. The first kappa shape index (κ1) is 17.7. The van der Waals surface area contributed by atoms with Gasteiger partial charge in [0.25, 0.3) is 0 Å². The fourth-order valence-corrected chi connectivity index (χ4v) is 20.3. The van der Waals surface area contributed by atoms with Crippen LogP contribution in [0.5, 0.6) is 0 Å². The van der Waals surface area contributed by atoms with Gasteiger partial charge in [0.1, 0.15) is 0 Å². The first-order valence-electron chi connectivity index (χ1n) is 6.40. The Morgan fingerprint density at radius 1 is 0.762 bits per heavy atom. The predicted molar refractivity (Wildman–Crippen MR) is 96.6 cm³/mol. The molecule has 21 heavy (non-hydrogen) atoms. The number of rotatable bonds is 4. The molecule has 0 fully saturated rings. The molecule has 0 N–H and O–H groups in total. The Morgan fingerprint density at radius 3 is 1.48 bits per heavy atom. The zero-order chi connectivity index (χ0) is 15.6. The molecule has 0 aromatic carbocycles. The van der Waals surface area contributed by atoms with Crippen LogP contribution in [0.2, 0.25) is 0 Å². The third-order valence-electron chi connectivity index (χ3n) is 2.60. The molecule has 0 saturated carbocycles. The molecule has 2 aromatic heterocycles. The molecule has 112 valence electrons. The second-order valence-corrected chi connectivity index (χ2v) is 37.2. The molecule has 0 amide bonds. The summed E-state index contributed by atoms with van der Waals surface area (Å²) in [6.07, 6.45) is 0. The van der Waals surface area contributed by atoms with Crippen LogP contribution in [0.4, 0.5) is 0 Å². The van der Waals surface area contributed by atoms with Crippen LogP contribution in [-0.2, 0) is 0 Å². The molecule has 0 unspecified atom stereocenters. The van der Waals surface area contributed by atoms with Crippen LogP contribution in [0.25, 0.3) is 0 Å². The van der Waals surface area contributed by atoms with Gasteiger partial charge in [-0.1, -0.05) is 0 Å². The minimum atomic E-state index is -3.42. The van der Waals surface area contributed by atoms with E-state index in [-0.39, 0.29) is 0 Å². The van der Waals surface area contributed by atoms with Crippen molar-refractivity contribution in [1.29, 1.82) is 0 Å². The van der Waals surface area contributed by atoms with Gasteiger partial charge in [0, 0.05) is 0 Å². The number of hydrogen-bond acceptors (Lipinski definition) is 4. The van der Waals surface area contributed by atoms with Crippen LogP contribution in [0.1, 0.15) is 22.5 Å². The van der Waals surface area contributed by atoms with Crippen molar-refractivity contribution in [2.24, 2.45) is 0 Å². The van der Waals surface area contributed by atoms with Crippen LogP contribution in [-0.4, -0.2) is 23.3 Å². The van der Waals surface area contributed by atoms with Crippen molar-refractivity contribution in [3.05, 3.63) is 46.8 Å². The number of hydrogen-bond donors (Lipinski definition) is 0. The van der Waals surface area contributed by atoms with Crippen LogP contribution in [0, 0.1) is 27.7 Å². The summed E-state index contributed by atoms with van der Waals surface area (Å²) in [5.74, 6) is 0. The Kier molecular flexibility index (Phi) is 6.16. The average molecular weight is 466 g/mol. The quantitative estimate of drug-likeness (QED) is 0.556. The molecule has 2 rings (SSSR count). The van der Waals surface area contributed by atoms with E-state index in [2.05, 4.69) is 23.8 Å². The monoisotopic (exact) mass is 466 g/mol. The van der Waals surface area contributed by atoms with E-state index in [1.54, 1.807) is 0 Å². The summed E-state index contributed by atoms with van der Waals surface area (Å²) in [6, 6.07) is 8.15. The fraction of sp³-hybridized carbons (Fsp3) is 0.286. The van der Waals surface area contributed by atoms with Crippen molar-refractivity contribution in [2.75, 3.05) is 0 Å². The second-order valence-electron chi connectivity index (χ2n) is 4.92. The van der Waals surface area contributed by atoms with E-state index >= 15 is 0 Å². The molecular formula is C14H16Cl2N2S2Sn. The predicted octanol–water partition coefficient (Wildman–Crippen LogP) is 5.51. The first-order valence-corrected chi connectivity index (χ1v) is 22.3. The Balaban J connectivity index is 2.17. The first-order chi connectivity index (χ1) is 9.73. The van der Waals surface area contributed by atoms with Crippen molar-refractivity contribution in [3.63, 3.8) is 0 Å². The van der Waals surface area contributed by atoms with Crippen LogP contribution in [0.15, 0.2) is 34.3 Å². The van der Waals surface area contributed by atoms with Crippen LogP contribution >= 0.6 is 35.7 Å². The van der Waals surface area contributed by atoms with E-state index in [9.17, 15) is 0 Å². The summed E-state index contributed by atoms with van der Waals surface area (Å²) in [5, 5.41) is 1.82. The van der Waals surface area contributed by atoms with Crippen LogP contribution < -0.4 is 0 Å². The molecule has 2 aromatic rings. The van der Waals surface area contributed by atoms with Crippen molar-refractivity contribution < 1.29 is 0 Å². The van der Waals surface area contributed by atoms with Gasteiger partial charge < -0.3 is 0 Å². The third kappa shape index (κ3) is 5.82. The van der Waals surface area contributed by atoms with Gasteiger partial charge in [-0.25, -0.2) is 0 Å². The zero-order valence-corrected chi connectivity index (χ0v) is 18.3. The molecule has 0 aliphatic carbocycles. The van der Waals surface area contributed by atoms with Gasteiger partial charge in [0.15, 0.2) is 0 Å². The topological polar surface area (TPSA) is 25.8 Å². The Hall–Kier alpha value is 0.379. The number of pyridine rings is 2. The number of nitrogens with zero attached hydrogens (tertiary/aromatic N) is 2. The molecule has 0 saturated heterocycles. The third-order valence-corrected chi connectivity index (χ3v) is 21.1. The van der Waals surface area contributed by atoms with Crippen molar-refractivity contribution in [2.45, 2.75) is 37.7 Å². The average Bonchev–Trinajstić information content (AvgIpc) is 2.23. The molecule has 0 bridgehead atoms. The van der Waals surface area contributed by atoms with Gasteiger partial charge in [-0.05, 0) is 0 Å². The Labute approximate surface area is 142 Å². The minimum absolute atomic E-state index is 0.908. The van der Waals surface area contributed by atoms with Gasteiger partial charge in [-0.2, -0.15) is 0 Å². The SMILES string of the molecule is Cc1cc(C)nc([S][Sn]([Cl])([Cl])[S]c2cc(C)cc(C)n2)c1. The summed E-state index contributed by atoms with van der Waals surface area (Å²) >= 11 is -3.42. The molecule has 0 aliphatic heterocycles. The van der Waals surface area contributed by atoms with E-state index in [4.69, 9.17) is 17.8 Å². The molecule has 0 spiro atoms. The summed E-state index contributed by atoms with van der Waals surface area (Å²) in [5.41, 5.74) is 4.33. The molecule has 0 radical (unpaired) electrons. The van der Waals surface area contributed by atoms with Crippen molar-refractivity contribution in [1.82, 2.24) is 9.97 Å². The summed E-state index contributed by atoms with van der Waals surface area (Å²) in [4.78, 5) is 9.02. The van der Waals surface area contributed by atoms with E-state index in [0.29, 0.717) is 0 Å². The molecular weight excluding hydrogens is 450 g/mol. The van der Waals surface area contributed by atoms with Gasteiger partial charge in [0.2, 0.25) is 0 Å². The molecule has 7 heteroatoms. The molecule has 0 atom stereocenters. The summed E-state index contributed by atoms with van der Waals surface area (Å²) < 4.78 is 0. The zero-order valence-electron chi connectivity index (χ0n) is 12.3. The van der Waals surface area contributed by atoms with Crippen molar-refractivity contribution >= 4 is 49.1 Å². The standard InChI is InChI=1S/2C7H9NS.2ClH.Sn/c2*1-5-3-6(2)8-7(9)4-5;;;/h2*3-4H,1-2H3,(H,8,9);2*1H;/q;;;;+4/p-4. The van der Waals surface area contributed by atoms with E-state index < -0.39 is 13.4 Å². The van der Waals surface area contributed by atoms with Gasteiger partial charge in [0.05, 0.1) is 0 Å². The molecule has 2 heterocycles. The van der Waals surface area contributed by atoms with Gasteiger partial charge >= 0.3 is 144 Å². The summed E-state index contributed by atoms with van der Waals surface area (Å²) in [7, 11) is 16.3. The van der Waals surface area contributed by atoms with Crippen molar-refractivity contribution in [3.8, 4) is 0 Å². The maximum absolute atomic E-state index is 6.64. The van der Waals surface area contributed by atoms with Gasteiger partial charge in [-0.3, -0.25) is 0 Å². The normalized spacial score (nSPS) is 11.7. The van der Waals surface area contributed by atoms with E-state index in [1.807, 2.05) is 38.1 Å². The van der Waals surface area contributed by atoms with Gasteiger partial charge in [-0.15, -0.1) is 0 Å². The fourth-order valence-electron chi connectivity index (χ4n) is 1.98.